The van der Waals surface area contributed by atoms with E-state index in [0.717, 1.165) is 22.6 Å². The predicted octanol–water partition coefficient (Wildman–Crippen LogP) is 2.78. The number of benzene rings is 2. The maximum atomic E-state index is 12.6. The minimum Gasteiger partial charge on any atom is -0.496 e. The van der Waals surface area contributed by atoms with Gasteiger partial charge in [-0.05, 0) is 48.0 Å². The molecule has 1 aromatic heterocycles. The Morgan fingerprint density at radius 2 is 1.93 bits per heavy atom. The summed E-state index contributed by atoms with van der Waals surface area (Å²) in [4.78, 5) is 12.6. The molecule has 1 atom stereocenters. The molecule has 0 saturated heterocycles. The van der Waals surface area contributed by atoms with Gasteiger partial charge in [0.25, 0.3) is 0 Å². The normalized spacial score (nSPS) is 11.7. The highest BCUT2D eigenvalue weighted by Gasteiger charge is 2.21. The molecule has 3 aromatic rings. The lowest BCUT2D eigenvalue weighted by atomic mass is 10.2. The van der Waals surface area contributed by atoms with Gasteiger partial charge < -0.3 is 14.8 Å². The molecule has 9 heteroatoms. The largest absolute Gasteiger partial charge is 0.496 e. The first-order chi connectivity index (χ1) is 14.0. The molecule has 29 heavy (non-hydrogen) atoms. The number of para-hydroxylation sites is 1. The van der Waals surface area contributed by atoms with E-state index in [1.54, 1.807) is 18.9 Å². The summed E-state index contributed by atoms with van der Waals surface area (Å²) in [5.74, 6) is 1.27. The molecule has 1 amide bonds. The number of amides is 1. The maximum absolute atomic E-state index is 12.6. The summed E-state index contributed by atoms with van der Waals surface area (Å²) >= 11 is 1.28. The van der Waals surface area contributed by atoms with Crippen molar-refractivity contribution in [1.82, 2.24) is 25.5 Å². The number of carbonyl (C=O) groups excluding carboxylic acids is 1. The summed E-state index contributed by atoms with van der Waals surface area (Å²) in [5, 5.41) is 15.0. The second-order valence-corrected chi connectivity index (χ2v) is 7.65. The average Bonchev–Trinajstić information content (AvgIpc) is 3.19. The zero-order chi connectivity index (χ0) is 20.8. The molecule has 0 aliphatic rings. The number of hydrogen-bond acceptors (Lipinski definition) is 7. The highest BCUT2D eigenvalue weighted by atomic mass is 32.2. The fourth-order valence-corrected chi connectivity index (χ4v) is 3.58. The molecule has 8 nitrogen and oxygen atoms in total. The first kappa shape index (κ1) is 20.7. The number of ether oxygens (including phenoxy) is 2. The molecule has 0 unspecified atom stereocenters. The predicted molar refractivity (Wildman–Crippen MR) is 111 cm³/mol. The molecule has 3 rings (SSSR count). The van der Waals surface area contributed by atoms with E-state index >= 15 is 0 Å². The number of methoxy groups -OCH3 is 2. The summed E-state index contributed by atoms with van der Waals surface area (Å²) in [6, 6.07) is 13.3. The highest BCUT2D eigenvalue weighted by Crippen LogP contribution is 2.28. The van der Waals surface area contributed by atoms with Crippen LogP contribution in [0.25, 0.3) is 5.69 Å². The van der Waals surface area contributed by atoms with Gasteiger partial charge in [-0.3, -0.25) is 4.79 Å². The van der Waals surface area contributed by atoms with Gasteiger partial charge in [-0.1, -0.05) is 36.0 Å². The molecule has 1 N–H and O–H groups in total. The van der Waals surface area contributed by atoms with Gasteiger partial charge in [0.15, 0.2) is 0 Å². The SMILES string of the molecule is COc1ccccc1CNC(=O)[C@@H](C)Sc1nnnn1-c1cc(C)ccc1OC. The first-order valence-electron chi connectivity index (χ1n) is 9.03. The van der Waals surface area contributed by atoms with Crippen molar-refractivity contribution in [3.8, 4) is 17.2 Å². The summed E-state index contributed by atoms with van der Waals surface area (Å²) in [6.45, 7) is 4.17. The van der Waals surface area contributed by atoms with Crippen LogP contribution < -0.4 is 14.8 Å². The smallest absolute Gasteiger partial charge is 0.233 e. The number of hydrogen-bond donors (Lipinski definition) is 1. The third-order valence-corrected chi connectivity index (χ3v) is 5.33. The molecule has 0 saturated carbocycles. The van der Waals surface area contributed by atoms with Crippen molar-refractivity contribution in [3.05, 3.63) is 53.6 Å². The summed E-state index contributed by atoms with van der Waals surface area (Å²) in [5.41, 5.74) is 2.69. The first-order valence-corrected chi connectivity index (χ1v) is 9.91. The van der Waals surface area contributed by atoms with Crippen LogP contribution in [0.5, 0.6) is 11.5 Å². The van der Waals surface area contributed by atoms with Gasteiger partial charge in [0.05, 0.1) is 19.5 Å². The van der Waals surface area contributed by atoms with Crippen LogP contribution in [-0.2, 0) is 11.3 Å². The van der Waals surface area contributed by atoms with Gasteiger partial charge in [0, 0.05) is 12.1 Å². The Labute approximate surface area is 173 Å². The Hall–Kier alpha value is -3.07. The Morgan fingerprint density at radius 3 is 2.69 bits per heavy atom. The zero-order valence-corrected chi connectivity index (χ0v) is 17.6. The average molecular weight is 414 g/mol. The van der Waals surface area contributed by atoms with Crippen LogP contribution in [0.3, 0.4) is 0 Å². The molecular weight excluding hydrogens is 390 g/mol. The third-order valence-electron chi connectivity index (χ3n) is 4.30. The number of rotatable bonds is 8. The lowest BCUT2D eigenvalue weighted by Gasteiger charge is -2.14. The zero-order valence-electron chi connectivity index (χ0n) is 16.7. The van der Waals surface area contributed by atoms with Crippen molar-refractivity contribution in [2.75, 3.05) is 14.2 Å². The van der Waals surface area contributed by atoms with Crippen molar-refractivity contribution in [3.63, 3.8) is 0 Å². The Kier molecular flexibility index (Phi) is 6.71. The van der Waals surface area contributed by atoms with E-state index in [1.165, 1.54) is 11.8 Å². The monoisotopic (exact) mass is 413 g/mol. The van der Waals surface area contributed by atoms with E-state index in [2.05, 4.69) is 20.8 Å². The van der Waals surface area contributed by atoms with Crippen molar-refractivity contribution >= 4 is 17.7 Å². The second-order valence-electron chi connectivity index (χ2n) is 6.34. The van der Waals surface area contributed by atoms with Crippen LogP contribution in [0.2, 0.25) is 0 Å². The van der Waals surface area contributed by atoms with Crippen LogP contribution in [0.1, 0.15) is 18.1 Å². The van der Waals surface area contributed by atoms with Gasteiger partial charge in [-0.15, -0.1) is 5.10 Å². The van der Waals surface area contributed by atoms with Gasteiger partial charge in [-0.2, -0.15) is 4.68 Å². The summed E-state index contributed by atoms with van der Waals surface area (Å²) in [6.07, 6.45) is 0. The van der Waals surface area contributed by atoms with E-state index in [9.17, 15) is 4.79 Å². The van der Waals surface area contributed by atoms with Gasteiger partial charge >= 0.3 is 0 Å². The Bertz CT molecular complexity index is 992. The lowest BCUT2D eigenvalue weighted by molar-refractivity contribution is -0.120. The van der Waals surface area contributed by atoms with E-state index < -0.39 is 5.25 Å². The van der Waals surface area contributed by atoms with Crippen LogP contribution in [0.15, 0.2) is 47.6 Å². The number of carbonyl (C=O) groups is 1. The Balaban J connectivity index is 1.70. The molecule has 152 valence electrons. The minimum absolute atomic E-state index is 0.119. The van der Waals surface area contributed by atoms with Crippen molar-refractivity contribution in [1.29, 1.82) is 0 Å². The molecule has 0 spiro atoms. The quantitative estimate of drug-likeness (QED) is 0.568. The van der Waals surface area contributed by atoms with Crippen LogP contribution in [0, 0.1) is 6.92 Å². The van der Waals surface area contributed by atoms with E-state index in [4.69, 9.17) is 9.47 Å². The van der Waals surface area contributed by atoms with E-state index in [0.29, 0.717) is 17.5 Å². The number of aromatic nitrogens is 4. The third kappa shape index (κ3) is 4.86. The fraction of sp³-hybridized carbons (Fsp3) is 0.300. The van der Waals surface area contributed by atoms with Crippen molar-refractivity contribution in [2.24, 2.45) is 0 Å². The van der Waals surface area contributed by atoms with Gasteiger partial charge in [0.2, 0.25) is 11.1 Å². The highest BCUT2D eigenvalue weighted by molar-refractivity contribution is 8.00. The molecule has 1 heterocycles. The van der Waals surface area contributed by atoms with Crippen molar-refractivity contribution < 1.29 is 14.3 Å². The molecule has 2 aromatic carbocycles. The topological polar surface area (TPSA) is 91.2 Å². The van der Waals surface area contributed by atoms with Gasteiger partial charge in [-0.25, -0.2) is 0 Å². The van der Waals surface area contributed by atoms with Crippen LogP contribution >= 0.6 is 11.8 Å². The van der Waals surface area contributed by atoms with Gasteiger partial charge in [0.1, 0.15) is 17.2 Å². The number of nitrogens with one attached hydrogen (secondary N) is 1. The second kappa shape index (κ2) is 9.42. The summed E-state index contributed by atoms with van der Waals surface area (Å²) < 4.78 is 12.3. The molecule has 0 aliphatic carbocycles. The van der Waals surface area contributed by atoms with Crippen molar-refractivity contribution in [2.45, 2.75) is 30.8 Å². The minimum atomic E-state index is -0.398. The maximum Gasteiger partial charge on any atom is 0.233 e. The number of tetrazole rings is 1. The number of aryl methyl sites for hydroxylation is 1. The van der Waals surface area contributed by atoms with E-state index in [1.807, 2.05) is 56.3 Å². The molecular formula is C20H23N5O3S. The van der Waals surface area contributed by atoms with Crippen LogP contribution in [0.4, 0.5) is 0 Å². The fourth-order valence-electron chi connectivity index (χ4n) is 2.76. The molecule has 0 fully saturated rings. The van der Waals surface area contributed by atoms with E-state index in [-0.39, 0.29) is 5.91 Å². The standard InChI is InChI=1S/C20H23N5O3S/c1-13-9-10-18(28-4)16(11-13)25-20(22-23-24-25)29-14(2)19(26)21-12-15-7-5-6-8-17(15)27-3/h5-11,14H,12H2,1-4H3,(H,21,26)/t14-/m1/s1. The molecule has 0 aliphatic heterocycles. The number of nitrogens with zero attached hydrogens (tertiary/aromatic N) is 4. The molecule has 0 bridgehead atoms. The number of thioether (sulfide) groups is 1. The summed E-state index contributed by atoms with van der Waals surface area (Å²) in [7, 11) is 3.21. The van der Waals surface area contributed by atoms with Crippen LogP contribution in [-0.4, -0.2) is 45.6 Å². The molecule has 0 radical (unpaired) electrons. The Morgan fingerprint density at radius 1 is 1.17 bits per heavy atom. The lowest BCUT2D eigenvalue weighted by Crippen LogP contribution is -2.30.